The quantitative estimate of drug-likeness (QED) is 0.758. The summed E-state index contributed by atoms with van der Waals surface area (Å²) < 4.78 is 0. The molecule has 4 heteroatoms. The third kappa shape index (κ3) is 4.47. The van der Waals surface area contributed by atoms with Crippen LogP contribution in [-0.2, 0) is 0 Å². The Morgan fingerprint density at radius 2 is 0.944 bits per heavy atom. The van der Waals surface area contributed by atoms with Gasteiger partial charge in [0.05, 0.1) is 0 Å². The van der Waals surface area contributed by atoms with Gasteiger partial charge in [-0.15, -0.1) is 0 Å². The van der Waals surface area contributed by atoms with Crippen LogP contribution in [0.4, 0.5) is 0 Å². The van der Waals surface area contributed by atoms with E-state index >= 15 is 0 Å². The molecule has 0 saturated heterocycles. The van der Waals surface area contributed by atoms with Crippen LogP contribution in [-0.4, -0.2) is 22.1 Å². The van der Waals surface area contributed by atoms with Crippen molar-refractivity contribution in [2.45, 2.75) is 76.3 Å². The van der Waals surface area contributed by atoms with Crippen molar-refractivity contribution in [2.75, 3.05) is 0 Å². The SMILES string of the molecule is S=C(NC1CCCCC1)C(=S)NC1CCCCC1. The van der Waals surface area contributed by atoms with Gasteiger partial charge in [-0.25, -0.2) is 0 Å². The van der Waals surface area contributed by atoms with E-state index in [9.17, 15) is 0 Å². The van der Waals surface area contributed by atoms with Gasteiger partial charge in [0.25, 0.3) is 0 Å². The summed E-state index contributed by atoms with van der Waals surface area (Å²) in [6, 6.07) is 1.11. The lowest BCUT2D eigenvalue weighted by Gasteiger charge is -2.27. The molecule has 2 nitrogen and oxygen atoms in total. The maximum absolute atomic E-state index is 5.41. The van der Waals surface area contributed by atoms with E-state index in [1.165, 1.54) is 64.2 Å². The van der Waals surface area contributed by atoms with Crippen molar-refractivity contribution in [3.8, 4) is 0 Å². The predicted octanol–water partition coefficient (Wildman–Crippen LogP) is 3.49. The Morgan fingerprint density at radius 3 is 1.28 bits per heavy atom. The second kappa shape index (κ2) is 7.39. The van der Waals surface area contributed by atoms with Gasteiger partial charge < -0.3 is 10.6 Å². The molecule has 18 heavy (non-hydrogen) atoms. The summed E-state index contributed by atoms with van der Waals surface area (Å²) in [5, 5.41) is 6.87. The lowest BCUT2D eigenvalue weighted by Crippen LogP contribution is -2.46. The number of hydrogen-bond acceptors (Lipinski definition) is 2. The first-order chi connectivity index (χ1) is 8.75. The van der Waals surface area contributed by atoms with Gasteiger partial charge in [-0.2, -0.15) is 0 Å². The molecule has 0 spiro atoms. The molecular formula is C14H24N2S2. The second-order valence-corrected chi connectivity index (χ2v) is 6.43. The smallest absolute Gasteiger partial charge is 0.134 e. The predicted molar refractivity (Wildman–Crippen MR) is 85.2 cm³/mol. The highest BCUT2D eigenvalue weighted by Crippen LogP contribution is 2.18. The van der Waals surface area contributed by atoms with Gasteiger partial charge in [-0.3, -0.25) is 0 Å². The largest absolute Gasteiger partial charge is 0.371 e. The minimum Gasteiger partial charge on any atom is -0.371 e. The van der Waals surface area contributed by atoms with Crippen LogP contribution in [0.1, 0.15) is 64.2 Å². The van der Waals surface area contributed by atoms with Crippen molar-refractivity contribution in [2.24, 2.45) is 0 Å². The maximum atomic E-state index is 5.41. The van der Waals surface area contributed by atoms with Gasteiger partial charge in [-0.1, -0.05) is 63.0 Å². The average molecular weight is 284 g/mol. The molecule has 0 atom stereocenters. The summed E-state index contributed by atoms with van der Waals surface area (Å²) in [6.07, 6.45) is 13.0. The molecule has 2 rings (SSSR count). The minimum absolute atomic E-state index is 0.553. The van der Waals surface area contributed by atoms with Gasteiger partial charge in [-0.05, 0) is 25.7 Å². The molecule has 102 valence electrons. The molecule has 2 aliphatic carbocycles. The van der Waals surface area contributed by atoms with Crippen molar-refractivity contribution in [3.63, 3.8) is 0 Å². The fraction of sp³-hybridized carbons (Fsp3) is 0.857. The Hall–Kier alpha value is -0.220. The van der Waals surface area contributed by atoms with Crippen LogP contribution < -0.4 is 10.6 Å². The molecule has 2 N–H and O–H groups in total. The van der Waals surface area contributed by atoms with Gasteiger partial charge in [0.2, 0.25) is 0 Å². The molecule has 0 radical (unpaired) electrons. The van der Waals surface area contributed by atoms with E-state index in [0.29, 0.717) is 12.1 Å². The summed E-state index contributed by atoms with van der Waals surface area (Å²) >= 11 is 10.8. The van der Waals surface area contributed by atoms with Gasteiger partial charge in [0.15, 0.2) is 0 Å². The number of nitrogens with one attached hydrogen (secondary N) is 2. The van der Waals surface area contributed by atoms with Crippen molar-refractivity contribution >= 4 is 34.4 Å². The Balaban J connectivity index is 1.71. The number of hydrogen-bond donors (Lipinski definition) is 2. The molecular weight excluding hydrogens is 260 g/mol. The van der Waals surface area contributed by atoms with Crippen LogP contribution in [0.5, 0.6) is 0 Å². The van der Waals surface area contributed by atoms with E-state index in [0.717, 1.165) is 9.98 Å². The third-order valence-corrected chi connectivity index (χ3v) is 4.86. The molecule has 2 fully saturated rings. The molecule has 0 aromatic carbocycles. The monoisotopic (exact) mass is 284 g/mol. The van der Waals surface area contributed by atoms with Crippen LogP contribution in [0.2, 0.25) is 0 Å². The third-order valence-electron chi connectivity index (χ3n) is 4.09. The fourth-order valence-corrected chi connectivity index (χ4v) is 3.45. The number of thiocarbonyl (C=S) groups is 2. The molecule has 2 saturated carbocycles. The second-order valence-electron chi connectivity index (χ2n) is 5.62. The zero-order valence-corrected chi connectivity index (χ0v) is 12.7. The van der Waals surface area contributed by atoms with Crippen LogP contribution in [0.3, 0.4) is 0 Å². The van der Waals surface area contributed by atoms with E-state index in [1.54, 1.807) is 0 Å². The van der Waals surface area contributed by atoms with Crippen LogP contribution in [0.25, 0.3) is 0 Å². The summed E-state index contributed by atoms with van der Waals surface area (Å²) in [6.45, 7) is 0. The molecule has 0 aromatic rings. The molecule has 2 aliphatic rings. The zero-order valence-electron chi connectivity index (χ0n) is 11.0. The lowest BCUT2D eigenvalue weighted by atomic mass is 9.95. The van der Waals surface area contributed by atoms with Crippen molar-refractivity contribution in [1.29, 1.82) is 0 Å². The Labute approximate surface area is 121 Å². The molecule has 0 amide bonds. The Kier molecular flexibility index (Phi) is 5.83. The van der Waals surface area contributed by atoms with Crippen LogP contribution in [0, 0.1) is 0 Å². The molecule has 0 bridgehead atoms. The van der Waals surface area contributed by atoms with E-state index in [2.05, 4.69) is 10.6 Å². The minimum atomic E-state index is 0.553. The van der Waals surface area contributed by atoms with Gasteiger partial charge in [0, 0.05) is 12.1 Å². The highest BCUT2D eigenvalue weighted by atomic mass is 32.1. The summed E-state index contributed by atoms with van der Waals surface area (Å²) in [4.78, 5) is 1.53. The molecule has 0 unspecified atom stereocenters. The maximum Gasteiger partial charge on any atom is 0.134 e. The summed E-state index contributed by atoms with van der Waals surface area (Å²) in [5.74, 6) is 0. The Bertz CT molecular complexity index is 262. The normalized spacial score (nSPS) is 22.4. The van der Waals surface area contributed by atoms with Gasteiger partial charge in [0.1, 0.15) is 9.98 Å². The van der Waals surface area contributed by atoms with Crippen molar-refractivity contribution in [3.05, 3.63) is 0 Å². The first-order valence-electron chi connectivity index (χ1n) is 7.37. The van der Waals surface area contributed by atoms with Gasteiger partial charge >= 0.3 is 0 Å². The van der Waals surface area contributed by atoms with E-state index < -0.39 is 0 Å². The fourth-order valence-electron chi connectivity index (χ4n) is 3.00. The standard InChI is InChI=1S/C14H24N2S2/c17-13(15-11-7-3-1-4-8-11)14(18)16-12-9-5-2-6-10-12/h11-12H,1-10H2,(H,15,17)(H,16,18). The average Bonchev–Trinajstić information content (AvgIpc) is 2.41. The summed E-state index contributed by atoms with van der Waals surface area (Å²) in [5.41, 5.74) is 0. The van der Waals surface area contributed by atoms with E-state index in [1.807, 2.05) is 0 Å². The lowest BCUT2D eigenvalue weighted by molar-refractivity contribution is 0.411. The molecule has 0 heterocycles. The first-order valence-corrected chi connectivity index (χ1v) is 8.19. The topological polar surface area (TPSA) is 24.1 Å². The summed E-state index contributed by atoms with van der Waals surface area (Å²) in [7, 11) is 0. The van der Waals surface area contributed by atoms with E-state index in [4.69, 9.17) is 24.4 Å². The highest BCUT2D eigenvalue weighted by Gasteiger charge is 2.18. The van der Waals surface area contributed by atoms with Crippen molar-refractivity contribution in [1.82, 2.24) is 10.6 Å². The number of rotatable bonds is 2. The van der Waals surface area contributed by atoms with Crippen LogP contribution >= 0.6 is 24.4 Å². The highest BCUT2D eigenvalue weighted by molar-refractivity contribution is 7.89. The van der Waals surface area contributed by atoms with E-state index in [-0.39, 0.29) is 0 Å². The Morgan fingerprint density at radius 1 is 0.611 bits per heavy atom. The first kappa shape index (κ1) is 14.2. The zero-order chi connectivity index (χ0) is 12.8. The van der Waals surface area contributed by atoms with Crippen molar-refractivity contribution < 1.29 is 0 Å². The van der Waals surface area contributed by atoms with Crippen LogP contribution in [0.15, 0.2) is 0 Å². The molecule has 0 aliphatic heterocycles. The molecule has 0 aromatic heterocycles.